The molecule has 6 heteroatoms. The maximum Gasteiger partial charge on any atom is 0.325 e. The lowest BCUT2D eigenvalue weighted by Gasteiger charge is -2.18. The van der Waals surface area contributed by atoms with Crippen LogP contribution < -0.4 is 14.8 Å². The largest absolute Gasteiger partial charge is 0.493 e. The Kier molecular flexibility index (Phi) is 6.52. The van der Waals surface area contributed by atoms with Crippen LogP contribution in [0.15, 0.2) is 47.4 Å². The topological polar surface area (TPSA) is 67.8 Å². The average Bonchev–Trinajstić information content (AvgIpc) is 2.61. The number of methoxy groups -OCH3 is 2. The van der Waals surface area contributed by atoms with Crippen molar-refractivity contribution in [2.75, 3.05) is 20.5 Å². The third-order valence-electron chi connectivity index (χ3n) is 3.66. The van der Waals surface area contributed by atoms with Gasteiger partial charge < -0.3 is 14.6 Å². The van der Waals surface area contributed by atoms with E-state index in [1.54, 1.807) is 38.1 Å². The summed E-state index contributed by atoms with van der Waals surface area (Å²) in [7, 11) is 3.17. The van der Waals surface area contributed by atoms with Crippen LogP contribution >= 0.6 is 11.8 Å². The number of ether oxygens (including phenoxy) is 2. The number of carboxylic acid groups (broad SMARTS) is 1. The van der Waals surface area contributed by atoms with Crippen molar-refractivity contribution >= 4 is 17.7 Å². The summed E-state index contributed by atoms with van der Waals surface area (Å²) in [6.45, 7) is 0.405. The average molecular weight is 347 g/mol. The number of benzene rings is 2. The molecular weight excluding hydrogens is 326 g/mol. The summed E-state index contributed by atoms with van der Waals surface area (Å²) < 4.78 is 10.7. The van der Waals surface area contributed by atoms with Crippen LogP contribution in [0.5, 0.6) is 11.5 Å². The van der Waals surface area contributed by atoms with Crippen LogP contribution in [0.2, 0.25) is 0 Å². The number of nitrogens with one attached hydrogen (secondary N) is 1. The number of carboxylic acids is 1. The minimum Gasteiger partial charge on any atom is -0.493 e. The van der Waals surface area contributed by atoms with Crippen LogP contribution in [-0.2, 0) is 11.3 Å². The van der Waals surface area contributed by atoms with E-state index in [0.717, 1.165) is 16.0 Å². The third kappa shape index (κ3) is 4.21. The molecule has 0 saturated heterocycles. The molecule has 2 rings (SSSR count). The number of carbonyl (C=O) groups is 1. The number of hydrogen-bond donors (Lipinski definition) is 2. The molecule has 0 radical (unpaired) electrons. The predicted molar refractivity (Wildman–Crippen MR) is 95.0 cm³/mol. The SMILES string of the molecule is COc1cc(CN[C@@H](C(=O)O)c2ccccc2)c(SC)cc1OC. The van der Waals surface area contributed by atoms with Gasteiger partial charge >= 0.3 is 5.97 Å². The van der Waals surface area contributed by atoms with Crippen LogP contribution in [0.1, 0.15) is 17.2 Å². The van der Waals surface area contributed by atoms with Gasteiger partial charge in [0.1, 0.15) is 6.04 Å². The van der Waals surface area contributed by atoms with Gasteiger partial charge in [0.05, 0.1) is 14.2 Å². The molecule has 0 aromatic heterocycles. The molecule has 0 fully saturated rings. The first-order chi connectivity index (χ1) is 11.6. The first-order valence-corrected chi connectivity index (χ1v) is 8.63. The Balaban J connectivity index is 2.24. The fourth-order valence-electron chi connectivity index (χ4n) is 2.44. The highest BCUT2D eigenvalue weighted by Gasteiger charge is 2.20. The van der Waals surface area contributed by atoms with Gasteiger partial charge in [0.25, 0.3) is 0 Å². The molecule has 24 heavy (non-hydrogen) atoms. The highest BCUT2D eigenvalue weighted by molar-refractivity contribution is 7.98. The van der Waals surface area contributed by atoms with Gasteiger partial charge in [-0.3, -0.25) is 10.1 Å². The molecule has 0 unspecified atom stereocenters. The second kappa shape index (κ2) is 8.61. The highest BCUT2D eigenvalue weighted by Crippen LogP contribution is 2.34. The first-order valence-electron chi connectivity index (χ1n) is 7.40. The zero-order chi connectivity index (χ0) is 17.5. The van der Waals surface area contributed by atoms with Crippen molar-refractivity contribution in [1.82, 2.24) is 5.32 Å². The molecule has 0 saturated carbocycles. The van der Waals surface area contributed by atoms with E-state index in [9.17, 15) is 9.90 Å². The van der Waals surface area contributed by atoms with Gasteiger partial charge in [0.2, 0.25) is 0 Å². The molecule has 0 heterocycles. The number of rotatable bonds is 8. The molecule has 0 aliphatic carbocycles. The smallest absolute Gasteiger partial charge is 0.325 e. The van der Waals surface area contributed by atoms with Gasteiger partial charge in [-0.25, -0.2) is 0 Å². The van der Waals surface area contributed by atoms with Crippen molar-refractivity contribution in [2.45, 2.75) is 17.5 Å². The van der Waals surface area contributed by atoms with Gasteiger partial charge in [-0.15, -0.1) is 11.8 Å². The van der Waals surface area contributed by atoms with Gasteiger partial charge in [-0.05, 0) is 29.5 Å². The standard InChI is InChI=1S/C18H21NO4S/c1-22-14-9-13(16(24-3)10-15(14)23-2)11-19-17(18(20)21)12-7-5-4-6-8-12/h4-10,17,19H,11H2,1-3H3,(H,20,21)/t17-/m1/s1. The molecule has 0 aliphatic rings. The van der Waals surface area contributed by atoms with Crippen molar-refractivity contribution < 1.29 is 19.4 Å². The van der Waals surface area contributed by atoms with Crippen molar-refractivity contribution in [3.63, 3.8) is 0 Å². The fraction of sp³-hybridized carbons (Fsp3) is 0.278. The number of thioether (sulfide) groups is 1. The molecule has 5 nitrogen and oxygen atoms in total. The summed E-state index contributed by atoms with van der Waals surface area (Å²) in [6, 6.07) is 12.1. The molecule has 0 spiro atoms. The van der Waals surface area contributed by atoms with Gasteiger partial charge in [-0.2, -0.15) is 0 Å². The fourth-order valence-corrected chi connectivity index (χ4v) is 3.05. The van der Waals surface area contributed by atoms with Crippen molar-refractivity contribution in [3.05, 3.63) is 53.6 Å². The number of hydrogen-bond acceptors (Lipinski definition) is 5. The Labute approximate surface area is 146 Å². The molecule has 2 N–H and O–H groups in total. The van der Waals surface area contributed by atoms with E-state index < -0.39 is 12.0 Å². The van der Waals surface area contributed by atoms with E-state index in [0.29, 0.717) is 18.0 Å². The minimum absolute atomic E-state index is 0.405. The van der Waals surface area contributed by atoms with Gasteiger partial charge in [0.15, 0.2) is 11.5 Å². The second-order valence-electron chi connectivity index (χ2n) is 5.08. The summed E-state index contributed by atoms with van der Waals surface area (Å²) in [6.07, 6.45) is 1.97. The monoisotopic (exact) mass is 347 g/mol. The summed E-state index contributed by atoms with van der Waals surface area (Å²) in [4.78, 5) is 12.6. The predicted octanol–water partition coefficient (Wildman–Crippen LogP) is 3.34. The lowest BCUT2D eigenvalue weighted by atomic mass is 10.1. The van der Waals surface area contributed by atoms with Gasteiger partial charge in [0, 0.05) is 11.4 Å². The molecule has 0 amide bonds. The van der Waals surface area contributed by atoms with Crippen molar-refractivity contribution in [1.29, 1.82) is 0 Å². The first kappa shape index (κ1) is 18.2. The maximum absolute atomic E-state index is 11.6. The van der Waals surface area contributed by atoms with E-state index in [1.165, 1.54) is 0 Å². The molecular formula is C18H21NO4S. The Morgan fingerprint density at radius 3 is 2.33 bits per heavy atom. The summed E-state index contributed by atoms with van der Waals surface area (Å²) in [5.74, 6) is 0.370. The van der Waals surface area contributed by atoms with Crippen LogP contribution in [0, 0.1) is 0 Å². The van der Waals surface area contributed by atoms with E-state index in [2.05, 4.69) is 5.32 Å². The van der Waals surface area contributed by atoms with E-state index in [-0.39, 0.29) is 0 Å². The zero-order valence-electron chi connectivity index (χ0n) is 13.9. The van der Waals surface area contributed by atoms with E-state index in [1.807, 2.05) is 36.6 Å². The van der Waals surface area contributed by atoms with E-state index in [4.69, 9.17) is 9.47 Å². The Hall–Kier alpha value is -2.18. The molecule has 2 aromatic rings. The minimum atomic E-state index is -0.910. The van der Waals surface area contributed by atoms with E-state index >= 15 is 0 Å². The summed E-state index contributed by atoms with van der Waals surface area (Å²) >= 11 is 1.58. The quantitative estimate of drug-likeness (QED) is 0.714. The Morgan fingerprint density at radius 1 is 1.17 bits per heavy atom. The molecule has 0 aliphatic heterocycles. The molecule has 2 aromatic carbocycles. The summed E-state index contributed by atoms with van der Waals surface area (Å²) in [5, 5.41) is 12.6. The van der Waals surface area contributed by atoms with Crippen LogP contribution in [0.4, 0.5) is 0 Å². The van der Waals surface area contributed by atoms with Gasteiger partial charge in [-0.1, -0.05) is 30.3 Å². The Bertz CT molecular complexity index is 691. The van der Waals surface area contributed by atoms with Crippen LogP contribution in [0.25, 0.3) is 0 Å². The highest BCUT2D eigenvalue weighted by atomic mass is 32.2. The molecule has 128 valence electrons. The molecule has 0 bridgehead atoms. The molecule has 1 atom stereocenters. The van der Waals surface area contributed by atoms with Crippen molar-refractivity contribution in [2.24, 2.45) is 0 Å². The van der Waals surface area contributed by atoms with Crippen LogP contribution in [0.3, 0.4) is 0 Å². The maximum atomic E-state index is 11.6. The lowest BCUT2D eigenvalue weighted by Crippen LogP contribution is -2.28. The van der Waals surface area contributed by atoms with Crippen molar-refractivity contribution in [3.8, 4) is 11.5 Å². The summed E-state index contributed by atoms with van der Waals surface area (Å²) in [5.41, 5.74) is 1.68. The number of aliphatic carboxylic acids is 1. The van der Waals surface area contributed by atoms with Crippen LogP contribution in [-0.4, -0.2) is 31.6 Å². The third-order valence-corrected chi connectivity index (χ3v) is 4.48. The second-order valence-corrected chi connectivity index (χ2v) is 5.93. The Morgan fingerprint density at radius 2 is 1.79 bits per heavy atom. The zero-order valence-corrected chi connectivity index (χ0v) is 14.7. The lowest BCUT2D eigenvalue weighted by molar-refractivity contribution is -0.139. The normalized spacial score (nSPS) is 11.8.